The first-order valence-electron chi connectivity index (χ1n) is 9.98. The molecule has 0 radical (unpaired) electrons. The van der Waals surface area contributed by atoms with Crippen molar-refractivity contribution in [2.75, 3.05) is 13.2 Å². The van der Waals surface area contributed by atoms with E-state index in [2.05, 4.69) is 34.5 Å². The normalized spacial score (nSPS) is 15.0. The predicted molar refractivity (Wildman–Crippen MR) is 136 cm³/mol. The van der Waals surface area contributed by atoms with Crippen molar-refractivity contribution in [3.63, 3.8) is 0 Å². The molecule has 1 aliphatic heterocycles. The van der Waals surface area contributed by atoms with E-state index in [1.807, 2.05) is 44.2 Å². The van der Waals surface area contributed by atoms with Crippen LogP contribution in [-0.2, 0) is 16.2 Å². The van der Waals surface area contributed by atoms with E-state index in [0.717, 1.165) is 9.13 Å². The Kier molecular flexibility index (Phi) is 8.03. The summed E-state index contributed by atoms with van der Waals surface area (Å²) in [6.45, 7) is 8.60. The van der Waals surface area contributed by atoms with E-state index in [1.165, 1.54) is 16.5 Å². The van der Waals surface area contributed by atoms with E-state index >= 15 is 0 Å². The molecule has 3 rings (SSSR count). The number of carbonyl (C=O) groups excluding carboxylic acids is 2. The van der Waals surface area contributed by atoms with Gasteiger partial charge in [-0.3, -0.25) is 19.8 Å². The number of rotatable bonds is 8. The Labute approximate surface area is 206 Å². The van der Waals surface area contributed by atoms with Gasteiger partial charge in [0.25, 0.3) is 11.8 Å². The number of benzene rings is 2. The van der Waals surface area contributed by atoms with Crippen LogP contribution in [0.3, 0.4) is 0 Å². The molecule has 0 aliphatic carbocycles. The number of halogens is 1. The van der Waals surface area contributed by atoms with Gasteiger partial charge in [-0.2, -0.15) is 0 Å². The average Bonchev–Trinajstić information content (AvgIpc) is 2.75. The molecular formula is C24H23IN2O4S. The average molecular weight is 562 g/mol. The second-order valence-corrected chi connectivity index (χ2v) is 8.61. The number of amides is 2. The van der Waals surface area contributed by atoms with Crippen molar-refractivity contribution in [1.29, 1.82) is 0 Å². The number of hydrogen-bond acceptors (Lipinski definition) is 5. The SMILES string of the molecule is C=CCN1C(=O)/C(=C/c2cc(I)c(OCc3ccc(C)cc3)c(OCC)c2)C(=O)NC1=S. The minimum absolute atomic E-state index is 0.00739. The maximum Gasteiger partial charge on any atom is 0.265 e. The highest BCUT2D eigenvalue weighted by Gasteiger charge is 2.32. The highest BCUT2D eigenvalue weighted by Crippen LogP contribution is 2.35. The Hall–Kier alpha value is -2.72. The van der Waals surface area contributed by atoms with Crippen molar-refractivity contribution >= 4 is 57.8 Å². The maximum absolute atomic E-state index is 12.8. The fourth-order valence-electron chi connectivity index (χ4n) is 3.07. The number of nitrogens with zero attached hydrogens (tertiary/aromatic N) is 1. The molecule has 0 spiro atoms. The molecular weight excluding hydrogens is 539 g/mol. The number of ether oxygens (including phenoxy) is 2. The summed E-state index contributed by atoms with van der Waals surface area (Å²) >= 11 is 7.25. The highest BCUT2D eigenvalue weighted by atomic mass is 127. The van der Waals surface area contributed by atoms with Gasteiger partial charge in [-0.1, -0.05) is 35.9 Å². The molecule has 166 valence electrons. The first-order chi connectivity index (χ1) is 15.3. The van der Waals surface area contributed by atoms with E-state index in [9.17, 15) is 9.59 Å². The van der Waals surface area contributed by atoms with Gasteiger partial charge >= 0.3 is 0 Å². The summed E-state index contributed by atoms with van der Waals surface area (Å²) in [5.74, 6) is 0.156. The molecule has 0 bridgehead atoms. The predicted octanol–water partition coefficient (Wildman–Crippen LogP) is 4.39. The molecule has 1 aliphatic rings. The lowest BCUT2D eigenvalue weighted by Crippen LogP contribution is -2.53. The lowest BCUT2D eigenvalue weighted by molar-refractivity contribution is -0.128. The Morgan fingerprint density at radius 1 is 1.19 bits per heavy atom. The van der Waals surface area contributed by atoms with Gasteiger partial charge in [0.2, 0.25) is 0 Å². The van der Waals surface area contributed by atoms with Crippen LogP contribution in [0.4, 0.5) is 0 Å². The van der Waals surface area contributed by atoms with Crippen molar-refractivity contribution in [2.45, 2.75) is 20.5 Å². The van der Waals surface area contributed by atoms with Crippen LogP contribution in [-0.4, -0.2) is 35.0 Å². The molecule has 2 amide bonds. The van der Waals surface area contributed by atoms with Crippen molar-refractivity contribution < 1.29 is 19.1 Å². The summed E-state index contributed by atoms with van der Waals surface area (Å²) in [7, 11) is 0. The Morgan fingerprint density at radius 3 is 2.56 bits per heavy atom. The van der Waals surface area contributed by atoms with Gasteiger partial charge in [0.15, 0.2) is 16.6 Å². The Balaban J connectivity index is 1.91. The fourth-order valence-corrected chi connectivity index (χ4v) is 4.10. The van der Waals surface area contributed by atoms with Crippen LogP contribution < -0.4 is 14.8 Å². The van der Waals surface area contributed by atoms with Crippen molar-refractivity contribution in [2.24, 2.45) is 0 Å². The van der Waals surface area contributed by atoms with E-state index in [-0.39, 0.29) is 17.2 Å². The number of hydrogen-bond donors (Lipinski definition) is 1. The Bertz CT molecular complexity index is 1100. The van der Waals surface area contributed by atoms with Gasteiger partial charge < -0.3 is 9.47 Å². The summed E-state index contributed by atoms with van der Waals surface area (Å²) in [6, 6.07) is 11.7. The first kappa shape index (κ1) is 23.9. The lowest BCUT2D eigenvalue weighted by Gasteiger charge is -2.27. The van der Waals surface area contributed by atoms with Gasteiger partial charge in [0.1, 0.15) is 12.2 Å². The van der Waals surface area contributed by atoms with Crippen molar-refractivity contribution in [1.82, 2.24) is 10.2 Å². The molecule has 6 nitrogen and oxygen atoms in total. The molecule has 1 heterocycles. The van der Waals surface area contributed by atoms with E-state index in [0.29, 0.717) is 30.3 Å². The highest BCUT2D eigenvalue weighted by molar-refractivity contribution is 14.1. The molecule has 0 aromatic heterocycles. The number of aryl methyl sites for hydroxylation is 1. The molecule has 1 fully saturated rings. The molecule has 2 aromatic carbocycles. The minimum atomic E-state index is -0.534. The zero-order chi connectivity index (χ0) is 23.3. The molecule has 0 unspecified atom stereocenters. The van der Waals surface area contributed by atoms with E-state index in [4.69, 9.17) is 21.7 Å². The number of nitrogens with one attached hydrogen (secondary N) is 1. The third-order valence-corrected chi connectivity index (χ3v) is 5.77. The van der Waals surface area contributed by atoms with Crippen LogP contribution in [0.5, 0.6) is 11.5 Å². The summed E-state index contributed by atoms with van der Waals surface area (Å²) in [5, 5.41) is 2.62. The van der Waals surface area contributed by atoms with Crippen LogP contribution in [0.25, 0.3) is 6.08 Å². The third-order valence-electron chi connectivity index (χ3n) is 4.64. The van der Waals surface area contributed by atoms with Crippen LogP contribution in [0.1, 0.15) is 23.6 Å². The Morgan fingerprint density at radius 2 is 1.91 bits per heavy atom. The van der Waals surface area contributed by atoms with Crippen LogP contribution in [0.2, 0.25) is 0 Å². The van der Waals surface area contributed by atoms with E-state index in [1.54, 1.807) is 12.1 Å². The van der Waals surface area contributed by atoms with Gasteiger partial charge in [0, 0.05) is 6.54 Å². The monoisotopic (exact) mass is 562 g/mol. The van der Waals surface area contributed by atoms with Gasteiger partial charge in [-0.05, 0) is 78.0 Å². The molecule has 2 aromatic rings. The van der Waals surface area contributed by atoms with Gasteiger partial charge in [0.05, 0.1) is 10.2 Å². The molecule has 1 N–H and O–H groups in total. The quantitative estimate of drug-likeness (QED) is 0.170. The van der Waals surface area contributed by atoms with Crippen molar-refractivity contribution in [3.05, 3.63) is 74.9 Å². The van der Waals surface area contributed by atoms with Crippen molar-refractivity contribution in [3.8, 4) is 11.5 Å². The molecule has 1 saturated heterocycles. The third kappa shape index (κ3) is 5.55. The summed E-state index contributed by atoms with van der Waals surface area (Å²) < 4.78 is 12.7. The standard InChI is InChI=1S/C24H23IN2O4S/c1-4-10-27-23(29)18(22(28)26-24(27)32)11-17-12-19(25)21(20(13-17)30-5-2)31-14-16-8-6-15(3)7-9-16/h4,6-9,11-13H,1,5,10,14H2,2-3H3,(H,26,28,32)/b18-11+. The van der Waals surface area contributed by atoms with E-state index < -0.39 is 11.8 Å². The largest absolute Gasteiger partial charge is 0.490 e. The second kappa shape index (κ2) is 10.7. The topological polar surface area (TPSA) is 67.9 Å². The number of carbonyl (C=O) groups is 2. The van der Waals surface area contributed by atoms with Crippen LogP contribution in [0.15, 0.2) is 54.6 Å². The molecule has 8 heteroatoms. The molecule has 32 heavy (non-hydrogen) atoms. The minimum Gasteiger partial charge on any atom is -0.490 e. The molecule has 0 saturated carbocycles. The maximum atomic E-state index is 12.8. The lowest BCUT2D eigenvalue weighted by atomic mass is 10.1. The smallest absolute Gasteiger partial charge is 0.265 e. The zero-order valence-electron chi connectivity index (χ0n) is 17.8. The number of thiocarbonyl (C=S) groups is 1. The summed E-state index contributed by atoms with van der Waals surface area (Å²) in [5.41, 5.74) is 2.87. The zero-order valence-corrected chi connectivity index (χ0v) is 20.8. The molecule has 0 atom stereocenters. The fraction of sp³-hybridized carbons (Fsp3) is 0.208. The van der Waals surface area contributed by atoms with Crippen LogP contribution >= 0.6 is 34.8 Å². The van der Waals surface area contributed by atoms with Crippen LogP contribution in [0, 0.1) is 10.5 Å². The first-order valence-corrected chi connectivity index (χ1v) is 11.5. The summed E-state index contributed by atoms with van der Waals surface area (Å²) in [6.07, 6.45) is 3.08. The second-order valence-electron chi connectivity index (χ2n) is 7.06. The van der Waals surface area contributed by atoms with Gasteiger partial charge in [-0.25, -0.2) is 0 Å². The van der Waals surface area contributed by atoms with Gasteiger partial charge in [-0.15, -0.1) is 6.58 Å². The summed E-state index contributed by atoms with van der Waals surface area (Å²) in [4.78, 5) is 26.5.